The third-order valence-electron chi connectivity index (χ3n) is 7.09. The first-order chi connectivity index (χ1) is 21.0. The van der Waals surface area contributed by atoms with Crippen molar-refractivity contribution < 1.29 is 28.6 Å². The molecular formula is C32H27N5O6. The van der Waals surface area contributed by atoms with E-state index in [-0.39, 0.29) is 11.7 Å². The average Bonchev–Trinajstić information content (AvgIpc) is 3.64. The normalized spacial score (nSPS) is 19.6. The summed E-state index contributed by atoms with van der Waals surface area (Å²) >= 11 is 0. The fraction of sp³-hybridized carbons (Fsp3) is 0.188. The molecule has 3 heterocycles. The Morgan fingerprint density at radius 1 is 0.791 bits per heavy atom. The molecule has 2 aromatic heterocycles. The van der Waals surface area contributed by atoms with Gasteiger partial charge >= 0.3 is 11.9 Å². The minimum absolute atomic E-state index is 0.250. The zero-order valence-corrected chi connectivity index (χ0v) is 23.1. The molecule has 1 N–H and O–H groups in total. The number of rotatable bonds is 8. The van der Waals surface area contributed by atoms with Crippen molar-refractivity contribution >= 4 is 34.7 Å². The quantitative estimate of drug-likeness (QED) is 0.257. The first kappa shape index (κ1) is 27.7. The summed E-state index contributed by atoms with van der Waals surface area (Å²) in [4.78, 5) is 47.9. The van der Waals surface area contributed by atoms with Gasteiger partial charge in [-0.05, 0) is 42.8 Å². The largest absolute Gasteiger partial charge is 0.452 e. The van der Waals surface area contributed by atoms with Gasteiger partial charge in [-0.3, -0.25) is 4.79 Å². The summed E-state index contributed by atoms with van der Waals surface area (Å²) in [6, 6.07) is 25.8. The SMILES string of the molecule is CC[C@H]1O[C@@H](n2ncc3c(NC(=O)c4ccccc4)ncnc32)[C@@H](OC(=O)c2ccccc2)C1OC(=O)c1ccccc1. The van der Waals surface area contributed by atoms with Gasteiger partial charge in [-0.2, -0.15) is 5.10 Å². The van der Waals surface area contributed by atoms with E-state index in [1.165, 1.54) is 17.2 Å². The lowest BCUT2D eigenvalue weighted by molar-refractivity contribution is -0.0542. The number of nitrogens with one attached hydrogen (secondary N) is 1. The van der Waals surface area contributed by atoms with E-state index in [4.69, 9.17) is 14.2 Å². The van der Waals surface area contributed by atoms with Crippen molar-refractivity contribution in [2.24, 2.45) is 0 Å². The van der Waals surface area contributed by atoms with Crippen LogP contribution in [0, 0.1) is 0 Å². The van der Waals surface area contributed by atoms with Crippen molar-refractivity contribution in [3.63, 3.8) is 0 Å². The molecule has 1 fully saturated rings. The number of ether oxygens (including phenoxy) is 3. The summed E-state index contributed by atoms with van der Waals surface area (Å²) < 4.78 is 19.8. The van der Waals surface area contributed by atoms with Gasteiger partial charge in [0.05, 0.1) is 22.7 Å². The second-order valence-electron chi connectivity index (χ2n) is 9.81. The number of anilines is 1. The zero-order valence-electron chi connectivity index (χ0n) is 23.1. The average molecular weight is 578 g/mol. The van der Waals surface area contributed by atoms with E-state index in [0.717, 1.165) is 0 Å². The van der Waals surface area contributed by atoms with Crippen molar-refractivity contribution in [3.05, 3.63) is 120 Å². The molecule has 5 aromatic rings. The van der Waals surface area contributed by atoms with Crippen molar-refractivity contribution in [2.45, 2.75) is 37.9 Å². The predicted molar refractivity (Wildman–Crippen MR) is 155 cm³/mol. The minimum atomic E-state index is -1.08. The number of esters is 2. The van der Waals surface area contributed by atoms with Crippen LogP contribution in [-0.4, -0.2) is 55.9 Å². The zero-order chi connectivity index (χ0) is 29.8. The molecule has 0 aliphatic carbocycles. The molecule has 216 valence electrons. The number of carbonyl (C=O) groups excluding carboxylic acids is 3. The maximum Gasteiger partial charge on any atom is 0.338 e. The number of fused-ring (bicyclic) bond motifs is 1. The second-order valence-corrected chi connectivity index (χ2v) is 9.81. The number of amides is 1. The topological polar surface area (TPSA) is 135 Å². The molecule has 6 rings (SSSR count). The second kappa shape index (κ2) is 12.2. The third kappa shape index (κ3) is 5.70. The lowest BCUT2D eigenvalue weighted by atomic mass is 10.1. The number of nitrogens with zero attached hydrogens (tertiary/aromatic N) is 4. The van der Waals surface area contributed by atoms with Gasteiger partial charge in [-0.15, -0.1) is 0 Å². The highest BCUT2D eigenvalue weighted by Gasteiger charge is 2.51. The first-order valence-corrected chi connectivity index (χ1v) is 13.8. The van der Waals surface area contributed by atoms with Crippen LogP contribution in [0.1, 0.15) is 50.6 Å². The molecule has 11 nitrogen and oxygen atoms in total. The van der Waals surface area contributed by atoms with Crippen molar-refractivity contribution in [1.29, 1.82) is 0 Å². The molecule has 0 bridgehead atoms. The van der Waals surface area contributed by atoms with Gasteiger partial charge < -0.3 is 19.5 Å². The van der Waals surface area contributed by atoms with Crippen LogP contribution >= 0.6 is 0 Å². The van der Waals surface area contributed by atoms with E-state index in [0.29, 0.717) is 34.1 Å². The number of carbonyl (C=O) groups is 3. The lowest BCUT2D eigenvalue weighted by Gasteiger charge is -2.24. The van der Waals surface area contributed by atoms with Crippen LogP contribution < -0.4 is 5.32 Å². The number of benzene rings is 3. The molecule has 11 heteroatoms. The molecule has 0 spiro atoms. The molecule has 3 aromatic carbocycles. The lowest BCUT2D eigenvalue weighted by Crippen LogP contribution is -2.39. The predicted octanol–water partition coefficient (Wildman–Crippen LogP) is 4.84. The Kier molecular flexibility index (Phi) is 7.88. The number of hydrogen-bond acceptors (Lipinski definition) is 9. The highest BCUT2D eigenvalue weighted by atomic mass is 16.6. The molecule has 4 atom stereocenters. The van der Waals surface area contributed by atoms with E-state index in [1.54, 1.807) is 84.9 Å². The van der Waals surface area contributed by atoms with Crippen LogP contribution in [0.5, 0.6) is 0 Å². The Labute approximate surface area is 246 Å². The van der Waals surface area contributed by atoms with Gasteiger partial charge in [-0.1, -0.05) is 61.5 Å². The van der Waals surface area contributed by atoms with Gasteiger partial charge in [0.2, 0.25) is 0 Å². The molecule has 1 aliphatic rings. The summed E-state index contributed by atoms with van der Waals surface area (Å²) in [7, 11) is 0. The smallest absolute Gasteiger partial charge is 0.338 e. The van der Waals surface area contributed by atoms with E-state index < -0.39 is 36.5 Å². The summed E-state index contributed by atoms with van der Waals surface area (Å²) in [5, 5.41) is 7.74. The molecule has 1 amide bonds. The summed E-state index contributed by atoms with van der Waals surface area (Å²) in [6.07, 6.45) is -0.402. The van der Waals surface area contributed by atoms with Crippen LogP contribution in [-0.2, 0) is 14.2 Å². The number of hydrogen-bond donors (Lipinski definition) is 1. The van der Waals surface area contributed by atoms with Crippen LogP contribution in [0.3, 0.4) is 0 Å². The van der Waals surface area contributed by atoms with Crippen molar-refractivity contribution in [3.8, 4) is 0 Å². The number of aromatic nitrogens is 4. The first-order valence-electron chi connectivity index (χ1n) is 13.8. The van der Waals surface area contributed by atoms with E-state index in [1.807, 2.05) is 13.0 Å². The van der Waals surface area contributed by atoms with Gasteiger partial charge in [-0.25, -0.2) is 24.2 Å². The minimum Gasteiger partial charge on any atom is -0.452 e. The molecule has 1 aliphatic heterocycles. The Hall–Kier alpha value is -5.42. The standard InChI is InChI=1S/C32H27N5O6/c1-2-24-25(42-31(39)21-14-8-4-9-15-21)26(43-32(40)22-16-10-5-11-17-22)30(41-24)37-28-23(18-35-37)27(33-19-34-28)36-29(38)20-12-6-3-7-13-20/h3-19,24-26,30H,2H2,1H3,(H,33,34,36,38)/t24-,25?,26+,30-/m1/s1. The van der Waals surface area contributed by atoms with Crippen molar-refractivity contribution in [2.75, 3.05) is 5.32 Å². The van der Waals surface area contributed by atoms with Gasteiger partial charge in [0.1, 0.15) is 18.2 Å². The third-order valence-corrected chi connectivity index (χ3v) is 7.09. The summed E-state index contributed by atoms with van der Waals surface area (Å²) in [5.74, 6) is -1.29. The summed E-state index contributed by atoms with van der Waals surface area (Å²) in [6.45, 7) is 1.88. The maximum atomic E-state index is 13.3. The van der Waals surface area contributed by atoms with Crippen LogP contribution in [0.4, 0.5) is 5.82 Å². The van der Waals surface area contributed by atoms with E-state index in [2.05, 4.69) is 20.4 Å². The molecule has 1 saturated heterocycles. The Balaban J connectivity index is 1.35. The van der Waals surface area contributed by atoms with Crippen molar-refractivity contribution in [1.82, 2.24) is 19.7 Å². The Morgan fingerprint density at radius 3 is 1.93 bits per heavy atom. The molecule has 43 heavy (non-hydrogen) atoms. The van der Waals surface area contributed by atoms with Gasteiger partial charge in [0.25, 0.3) is 5.91 Å². The Bertz CT molecular complexity index is 1750. The van der Waals surface area contributed by atoms with Gasteiger partial charge in [0, 0.05) is 5.56 Å². The highest BCUT2D eigenvalue weighted by molar-refractivity contribution is 6.07. The van der Waals surface area contributed by atoms with Crippen LogP contribution in [0.25, 0.3) is 11.0 Å². The van der Waals surface area contributed by atoms with Gasteiger partial charge in [0.15, 0.2) is 24.1 Å². The molecule has 0 radical (unpaired) electrons. The monoisotopic (exact) mass is 577 g/mol. The maximum absolute atomic E-state index is 13.3. The molecule has 0 saturated carbocycles. The van der Waals surface area contributed by atoms with E-state index in [9.17, 15) is 14.4 Å². The van der Waals surface area contributed by atoms with Crippen LogP contribution in [0.15, 0.2) is 104 Å². The van der Waals surface area contributed by atoms with E-state index >= 15 is 0 Å². The highest BCUT2D eigenvalue weighted by Crippen LogP contribution is 2.37. The Morgan fingerprint density at radius 2 is 1.35 bits per heavy atom. The summed E-state index contributed by atoms with van der Waals surface area (Å²) in [5.41, 5.74) is 1.47. The fourth-order valence-electron chi connectivity index (χ4n) is 4.95. The van der Waals surface area contributed by atoms with Crippen LogP contribution in [0.2, 0.25) is 0 Å². The molecule has 1 unspecified atom stereocenters. The molecular weight excluding hydrogens is 550 g/mol. The fourth-order valence-corrected chi connectivity index (χ4v) is 4.95.